The molecular formula is C22H17N3O4. The van der Waals surface area contributed by atoms with Gasteiger partial charge in [-0.1, -0.05) is 36.4 Å². The van der Waals surface area contributed by atoms with Crippen molar-refractivity contribution in [2.24, 2.45) is 10.2 Å². The van der Waals surface area contributed by atoms with Crippen LogP contribution in [0.15, 0.2) is 95.2 Å². The molecule has 29 heavy (non-hydrogen) atoms. The Balaban J connectivity index is 1.51. The first-order valence-corrected chi connectivity index (χ1v) is 8.65. The van der Waals surface area contributed by atoms with Gasteiger partial charge in [-0.05, 0) is 54.1 Å². The van der Waals surface area contributed by atoms with E-state index in [0.717, 1.165) is 5.56 Å². The Labute approximate surface area is 166 Å². The van der Waals surface area contributed by atoms with Crippen molar-refractivity contribution in [3.8, 4) is 5.75 Å². The van der Waals surface area contributed by atoms with Crippen LogP contribution in [-0.4, -0.2) is 17.0 Å². The van der Waals surface area contributed by atoms with Gasteiger partial charge in [-0.25, -0.2) is 10.3 Å². The molecule has 0 aliphatic heterocycles. The van der Waals surface area contributed by atoms with Gasteiger partial charge in [0.05, 0.1) is 11.4 Å². The highest BCUT2D eigenvalue weighted by Gasteiger charge is 2.05. The second-order valence-electron chi connectivity index (χ2n) is 5.87. The summed E-state index contributed by atoms with van der Waals surface area (Å²) in [6.07, 6.45) is 2.97. The number of amides is 1. The number of benzene rings is 3. The number of hydrogen-bond acceptors (Lipinski definition) is 6. The molecule has 0 heterocycles. The largest absolute Gasteiger partial charge is 0.508 e. The molecule has 0 saturated heterocycles. The summed E-state index contributed by atoms with van der Waals surface area (Å²) >= 11 is 0. The van der Waals surface area contributed by atoms with Crippen LogP contribution < -0.4 is 5.48 Å². The van der Waals surface area contributed by atoms with E-state index in [9.17, 15) is 14.7 Å². The van der Waals surface area contributed by atoms with E-state index >= 15 is 0 Å². The number of carbonyl (C=O) groups is 2. The van der Waals surface area contributed by atoms with Crippen molar-refractivity contribution in [3.05, 3.63) is 96.1 Å². The number of nitrogens with zero attached hydrogens (tertiary/aromatic N) is 2. The summed E-state index contributed by atoms with van der Waals surface area (Å²) in [5.41, 5.74) is 4.64. The Hall–Kier alpha value is -4.26. The van der Waals surface area contributed by atoms with Gasteiger partial charge in [-0.2, -0.15) is 0 Å². The van der Waals surface area contributed by atoms with Crippen molar-refractivity contribution in [2.75, 3.05) is 5.48 Å². The summed E-state index contributed by atoms with van der Waals surface area (Å²) in [5, 5.41) is 16.9. The molecule has 0 bridgehead atoms. The highest BCUT2D eigenvalue weighted by atomic mass is 16.7. The maximum absolute atomic E-state index is 11.9. The Kier molecular flexibility index (Phi) is 6.46. The fourth-order valence-electron chi connectivity index (χ4n) is 2.27. The Morgan fingerprint density at radius 3 is 2.41 bits per heavy atom. The summed E-state index contributed by atoms with van der Waals surface area (Å²) in [5.74, 6) is -1.13. The average molecular weight is 387 g/mol. The topological polar surface area (TPSA) is 100 Å². The quantitative estimate of drug-likeness (QED) is 0.356. The van der Waals surface area contributed by atoms with Crippen LogP contribution in [0.4, 0.5) is 11.4 Å². The third-order valence-electron chi connectivity index (χ3n) is 3.70. The number of anilines is 1. The fourth-order valence-corrected chi connectivity index (χ4v) is 2.27. The van der Waals surface area contributed by atoms with E-state index in [0.29, 0.717) is 11.4 Å². The lowest BCUT2D eigenvalue weighted by Gasteiger charge is -2.04. The van der Waals surface area contributed by atoms with E-state index in [4.69, 9.17) is 4.84 Å². The second-order valence-corrected chi connectivity index (χ2v) is 5.87. The van der Waals surface area contributed by atoms with Crippen LogP contribution >= 0.6 is 0 Å². The number of azo groups is 1. The minimum absolute atomic E-state index is 0.0189. The molecule has 0 radical (unpaired) electrons. The summed E-state index contributed by atoms with van der Waals surface area (Å²) < 4.78 is 0. The van der Waals surface area contributed by atoms with Gasteiger partial charge < -0.3 is 9.94 Å². The number of phenolic OH excluding ortho intramolecular Hbond substituents is 1. The smallest absolute Gasteiger partial charge is 0.355 e. The zero-order valence-corrected chi connectivity index (χ0v) is 15.2. The average Bonchev–Trinajstić information content (AvgIpc) is 2.76. The van der Waals surface area contributed by atoms with Crippen molar-refractivity contribution in [1.29, 1.82) is 0 Å². The predicted molar refractivity (Wildman–Crippen MR) is 109 cm³/mol. The van der Waals surface area contributed by atoms with Crippen LogP contribution in [0, 0.1) is 0 Å². The van der Waals surface area contributed by atoms with Gasteiger partial charge in [0.2, 0.25) is 0 Å². The number of aromatic hydroxyl groups is 1. The molecule has 7 heteroatoms. The van der Waals surface area contributed by atoms with Gasteiger partial charge in [0.1, 0.15) is 5.75 Å². The molecule has 3 aromatic carbocycles. The molecule has 3 rings (SSSR count). The first-order chi connectivity index (χ1) is 14.1. The third kappa shape index (κ3) is 6.14. The van der Waals surface area contributed by atoms with E-state index in [1.165, 1.54) is 24.3 Å². The highest BCUT2D eigenvalue weighted by molar-refractivity contribution is 5.95. The standard InChI is InChI=1S/C22H17N3O4/c26-20-8-4-7-17(15-20)22(28)24-23-18-10-12-19(13-11-18)25-29-21(27)14-9-16-5-2-1-3-6-16/h1-15,25-26H/b14-9-,24-23?. The van der Waals surface area contributed by atoms with E-state index < -0.39 is 11.9 Å². The molecular weight excluding hydrogens is 370 g/mol. The zero-order chi connectivity index (χ0) is 20.5. The second kappa shape index (κ2) is 9.61. The van der Waals surface area contributed by atoms with E-state index in [-0.39, 0.29) is 11.3 Å². The summed E-state index contributed by atoms with van der Waals surface area (Å²) in [7, 11) is 0. The van der Waals surface area contributed by atoms with Gasteiger partial charge in [-0.15, -0.1) is 10.2 Å². The molecule has 0 atom stereocenters. The summed E-state index contributed by atoms with van der Waals surface area (Å²) in [6.45, 7) is 0. The van der Waals surface area contributed by atoms with Crippen molar-refractivity contribution in [3.63, 3.8) is 0 Å². The van der Waals surface area contributed by atoms with Crippen LogP contribution in [0.25, 0.3) is 6.08 Å². The maximum Gasteiger partial charge on any atom is 0.355 e. The molecule has 0 aliphatic carbocycles. The minimum Gasteiger partial charge on any atom is -0.508 e. The lowest BCUT2D eigenvalue weighted by molar-refractivity contribution is -0.134. The number of nitrogens with one attached hydrogen (secondary N) is 1. The van der Waals surface area contributed by atoms with E-state index in [1.807, 2.05) is 30.3 Å². The van der Waals surface area contributed by atoms with Crippen molar-refractivity contribution in [1.82, 2.24) is 0 Å². The first-order valence-electron chi connectivity index (χ1n) is 8.65. The zero-order valence-electron chi connectivity index (χ0n) is 15.2. The molecule has 0 unspecified atom stereocenters. The van der Waals surface area contributed by atoms with Crippen LogP contribution in [0.3, 0.4) is 0 Å². The Bertz CT molecular complexity index is 1050. The highest BCUT2D eigenvalue weighted by Crippen LogP contribution is 2.18. The fraction of sp³-hybridized carbons (Fsp3) is 0. The summed E-state index contributed by atoms with van der Waals surface area (Å²) in [6, 6.07) is 21.7. The number of rotatable bonds is 6. The van der Waals surface area contributed by atoms with Crippen molar-refractivity contribution < 1.29 is 19.5 Å². The van der Waals surface area contributed by atoms with E-state index in [2.05, 4.69) is 15.7 Å². The van der Waals surface area contributed by atoms with Gasteiger partial charge >= 0.3 is 5.97 Å². The van der Waals surface area contributed by atoms with Crippen molar-refractivity contribution >= 4 is 29.3 Å². The van der Waals surface area contributed by atoms with Crippen LogP contribution in [0.2, 0.25) is 0 Å². The lowest BCUT2D eigenvalue weighted by Crippen LogP contribution is -2.07. The van der Waals surface area contributed by atoms with Crippen molar-refractivity contribution in [2.45, 2.75) is 0 Å². The molecule has 0 saturated carbocycles. The van der Waals surface area contributed by atoms with Gasteiger partial charge in [0, 0.05) is 11.6 Å². The van der Waals surface area contributed by atoms with Crippen LogP contribution in [0.5, 0.6) is 5.75 Å². The molecule has 0 spiro atoms. The molecule has 144 valence electrons. The van der Waals surface area contributed by atoms with Gasteiger partial charge in [0.15, 0.2) is 0 Å². The predicted octanol–water partition coefficient (Wildman–Crippen LogP) is 4.90. The lowest BCUT2D eigenvalue weighted by atomic mass is 10.2. The molecule has 2 N–H and O–H groups in total. The molecule has 7 nitrogen and oxygen atoms in total. The first kappa shape index (κ1) is 19.5. The Morgan fingerprint density at radius 2 is 1.69 bits per heavy atom. The Morgan fingerprint density at radius 1 is 0.931 bits per heavy atom. The molecule has 0 fully saturated rings. The molecule has 0 aliphatic rings. The summed E-state index contributed by atoms with van der Waals surface area (Å²) in [4.78, 5) is 28.6. The minimum atomic E-state index is -0.567. The molecule has 1 amide bonds. The molecule has 0 aromatic heterocycles. The third-order valence-corrected chi connectivity index (χ3v) is 3.70. The number of carbonyl (C=O) groups excluding carboxylic acids is 2. The number of phenols is 1. The number of hydrogen-bond donors (Lipinski definition) is 2. The van der Waals surface area contributed by atoms with Crippen LogP contribution in [-0.2, 0) is 9.63 Å². The van der Waals surface area contributed by atoms with E-state index in [1.54, 1.807) is 36.4 Å². The van der Waals surface area contributed by atoms with Gasteiger partial charge in [-0.3, -0.25) is 4.79 Å². The SMILES string of the molecule is O=C(/C=C\c1ccccc1)ONc1ccc(N=NC(=O)c2cccc(O)c2)cc1. The monoisotopic (exact) mass is 387 g/mol. The normalized spacial score (nSPS) is 10.9. The van der Waals surface area contributed by atoms with Gasteiger partial charge in [0.25, 0.3) is 5.91 Å². The van der Waals surface area contributed by atoms with Crippen LogP contribution in [0.1, 0.15) is 15.9 Å². The molecule has 3 aromatic rings. The maximum atomic E-state index is 11.9.